The van der Waals surface area contributed by atoms with E-state index in [0.717, 1.165) is 18.4 Å². The van der Waals surface area contributed by atoms with E-state index in [1.807, 2.05) is 19.9 Å². The van der Waals surface area contributed by atoms with E-state index in [-0.39, 0.29) is 24.4 Å². The van der Waals surface area contributed by atoms with Gasteiger partial charge in [-0.2, -0.15) is 13.2 Å². The minimum absolute atomic E-state index is 0. The lowest BCUT2D eigenvalue weighted by Gasteiger charge is -2.48. The van der Waals surface area contributed by atoms with Crippen LogP contribution >= 0.6 is 11.6 Å². The third kappa shape index (κ3) is 6.79. The molecule has 0 saturated carbocycles. The Morgan fingerprint density at radius 1 is 0.929 bits per heavy atom. The first-order chi connectivity index (χ1) is 12.5. The van der Waals surface area contributed by atoms with Crippen molar-refractivity contribution in [1.29, 1.82) is 0 Å². The third-order valence-electron chi connectivity index (χ3n) is 5.91. The summed E-state index contributed by atoms with van der Waals surface area (Å²) in [6.07, 6.45) is 2.74. The Labute approximate surface area is 175 Å². The molecule has 0 aliphatic heterocycles. The van der Waals surface area contributed by atoms with Crippen LogP contribution in [0.2, 0.25) is 0 Å². The van der Waals surface area contributed by atoms with Crippen LogP contribution in [-0.4, -0.2) is 12.1 Å². The average Bonchev–Trinajstić information content (AvgIpc) is 2.54. The first kappa shape index (κ1) is 27.5. The topological polar surface area (TPSA) is 35.0 Å². The summed E-state index contributed by atoms with van der Waals surface area (Å²) in [4.78, 5) is 0. The molecule has 3 N–H and O–H groups in total. The van der Waals surface area contributed by atoms with Crippen LogP contribution in [-0.2, 0) is 0 Å². The molecule has 0 amide bonds. The highest BCUT2D eigenvalue weighted by Crippen LogP contribution is 2.59. The third-order valence-corrected chi connectivity index (χ3v) is 6.22. The SMILES string of the molecule is CC(C)CCC1=CC=C(CCl)C(CCC(C)C)C1(CCC(C)C)C(F)(F)F.N. The molecule has 0 saturated heterocycles. The van der Waals surface area contributed by atoms with Gasteiger partial charge in [0.25, 0.3) is 0 Å². The van der Waals surface area contributed by atoms with Crippen LogP contribution in [0.5, 0.6) is 0 Å². The fraction of sp³-hybridized carbons (Fsp3) is 0.826. The zero-order valence-corrected chi connectivity index (χ0v) is 19.4. The van der Waals surface area contributed by atoms with Crippen molar-refractivity contribution in [2.75, 3.05) is 5.88 Å². The van der Waals surface area contributed by atoms with Gasteiger partial charge in [0.2, 0.25) is 0 Å². The molecule has 0 spiro atoms. The number of alkyl halides is 4. The number of hydrogen-bond donors (Lipinski definition) is 1. The molecule has 0 fully saturated rings. The Bertz CT molecular complexity index is 520. The standard InChI is InChI=1S/C23H38ClF3.H3N/c1-16(2)7-10-20-11-9-19(15-24)21(12-8-17(3)4)22(20,23(25,26)27)14-13-18(5)6;/h9,11,16-18,21H,7-8,10,12-15H2,1-6H3;1H3. The largest absolute Gasteiger partial charge is 0.398 e. The van der Waals surface area contributed by atoms with Gasteiger partial charge in [-0.05, 0) is 55.8 Å². The molecule has 0 heterocycles. The van der Waals surface area contributed by atoms with Crippen molar-refractivity contribution in [3.8, 4) is 0 Å². The van der Waals surface area contributed by atoms with Crippen LogP contribution in [0.1, 0.15) is 80.1 Å². The Hall–Kier alpha value is -0.480. The lowest BCUT2D eigenvalue weighted by molar-refractivity contribution is -0.230. The van der Waals surface area contributed by atoms with E-state index >= 15 is 0 Å². The fourth-order valence-electron chi connectivity index (χ4n) is 4.21. The normalized spacial score (nSPS) is 23.1. The monoisotopic (exact) mass is 423 g/mol. The zero-order chi connectivity index (χ0) is 20.8. The van der Waals surface area contributed by atoms with Crippen LogP contribution in [0.15, 0.2) is 23.3 Å². The van der Waals surface area contributed by atoms with Gasteiger partial charge in [0.1, 0.15) is 0 Å². The van der Waals surface area contributed by atoms with Crippen LogP contribution in [0.3, 0.4) is 0 Å². The molecule has 0 aromatic heterocycles. The summed E-state index contributed by atoms with van der Waals surface area (Å²) < 4.78 is 44.4. The predicted molar refractivity (Wildman–Crippen MR) is 116 cm³/mol. The molecular weight excluding hydrogens is 383 g/mol. The van der Waals surface area contributed by atoms with Crippen LogP contribution < -0.4 is 6.15 Å². The van der Waals surface area contributed by atoms with E-state index in [9.17, 15) is 13.2 Å². The van der Waals surface area contributed by atoms with E-state index < -0.39 is 17.5 Å². The summed E-state index contributed by atoms with van der Waals surface area (Å²) in [5, 5.41) is 0. The highest BCUT2D eigenvalue weighted by atomic mass is 35.5. The van der Waals surface area contributed by atoms with Gasteiger partial charge >= 0.3 is 6.18 Å². The number of rotatable bonds is 10. The second-order valence-corrected chi connectivity index (χ2v) is 9.69. The van der Waals surface area contributed by atoms with Crippen molar-refractivity contribution < 1.29 is 13.2 Å². The molecule has 1 nitrogen and oxygen atoms in total. The quantitative estimate of drug-likeness (QED) is 0.350. The Balaban J connectivity index is 0.00000729. The summed E-state index contributed by atoms with van der Waals surface area (Å²) in [5.74, 6) is 0.642. The highest BCUT2D eigenvalue weighted by Gasteiger charge is 2.61. The van der Waals surface area contributed by atoms with Gasteiger partial charge in [-0.15, -0.1) is 11.6 Å². The number of allylic oxidation sites excluding steroid dienone is 4. The first-order valence-corrected chi connectivity index (χ1v) is 11.0. The molecule has 5 heteroatoms. The summed E-state index contributed by atoms with van der Waals surface area (Å²) in [5.41, 5.74) is -0.432. The van der Waals surface area contributed by atoms with E-state index in [2.05, 4.69) is 27.7 Å². The lowest BCUT2D eigenvalue weighted by Crippen LogP contribution is -2.48. The van der Waals surface area contributed by atoms with Gasteiger partial charge in [0, 0.05) is 5.88 Å². The van der Waals surface area contributed by atoms with Crippen LogP contribution in [0.25, 0.3) is 0 Å². The molecular formula is C23H41ClF3N. The van der Waals surface area contributed by atoms with Gasteiger partial charge in [0.05, 0.1) is 5.41 Å². The van der Waals surface area contributed by atoms with Gasteiger partial charge in [0.15, 0.2) is 0 Å². The summed E-state index contributed by atoms with van der Waals surface area (Å²) in [6, 6.07) is 0. The van der Waals surface area contributed by atoms with Gasteiger partial charge in [-0.3, -0.25) is 0 Å². The lowest BCUT2D eigenvalue weighted by atomic mass is 9.58. The molecule has 0 aromatic carbocycles. The maximum Gasteiger partial charge on any atom is 0.398 e. The van der Waals surface area contributed by atoms with Gasteiger partial charge in [-0.25, -0.2) is 0 Å². The molecule has 0 aromatic rings. The van der Waals surface area contributed by atoms with Crippen molar-refractivity contribution in [2.45, 2.75) is 86.2 Å². The minimum atomic E-state index is -4.27. The zero-order valence-electron chi connectivity index (χ0n) is 18.6. The van der Waals surface area contributed by atoms with Crippen molar-refractivity contribution in [3.05, 3.63) is 23.3 Å². The van der Waals surface area contributed by atoms with E-state index in [1.165, 1.54) is 0 Å². The van der Waals surface area contributed by atoms with E-state index in [1.54, 1.807) is 6.08 Å². The fourth-order valence-corrected chi connectivity index (χ4v) is 4.48. The Morgan fingerprint density at radius 2 is 1.46 bits per heavy atom. The second-order valence-electron chi connectivity index (χ2n) is 9.43. The van der Waals surface area contributed by atoms with Crippen molar-refractivity contribution in [2.24, 2.45) is 29.1 Å². The maximum absolute atomic E-state index is 14.8. The van der Waals surface area contributed by atoms with Crippen molar-refractivity contribution in [3.63, 3.8) is 0 Å². The van der Waals surface area contributed by atoms with E-state index in [0.29, 0.717) is 36.7 Å². The van der Waals surface area contributed by atoms with Gasteiger partial charge < -0.3 is 6.15 Å². The molecule has 1 aliphatic carbocycles. The van der Waals surface area contributed by atoms with Crippen molar-refractivity contribution in [1.82, 2.24) is 6.15 Å². The number of halogens is 4. The van der Waals surface area contributed by atoms with Gasteiger partial charge in [-0.1, -0.05) is 71.3 Å². The second kappa shape index (κ2) is 11.6. The maximum atomic E-state index is 14.8. The summed E-state index contributed by atoms with van der Waals surface area (Å²) >= 11 is 6.14. The predicted octanol–water partition coefficient (Wildman–Crippen LogP) is 8.73. The van der Waals surface area contributed by atoms with Crippen LogP contribution in [0.4, 0.5) is 13.2 Å². The molecule has 2 unspecified atom stereocenters. The Morgan fingerprint density at radius 3 is 1.89 bits per heavy atom. The Kier molecular flexibility index (Phi) is 11.4. The molecule has 0 radical (unpaired) electrons. The van der Waals surface area contributed by atoms with Crippen molar-refractivity contribution >= 4 is 11.6 Å². The highest BCUT2D eigenvalue weighted by molar-refractivity contribution is 6.19. The molecule has 2 atom stereocenters. The molecule has 1 rings (SSSR count). The first-order valence-electron chi connectivity index (χ1n) is 10.5. The average molecular weight is 424 g/mol. The van der Waals surface area contributed by atoms with Crippen LogP contribution in [0, 0.1) is 29.1 Å². The molecule has 28 heavy (non-hydrogen) atoms. The molecule has 0 bridgehead atoms. The smallest absolute Gasteiger partial charge is 0.344 e. The molecule has 166 valence electrons. The summed E-state index contributed by atoms with van der Waals surface area (Å²) in [7, 11) is 0. The summed E-state index contributed by atoms with van der Waals surface area (Å²) in [6.45, 7) is 12.3. The minimum Gasteiger partial charge on any atom is -0.344 e. The molecule has 1 aliphatic rings. The van der Waals surface area contributed by atoms with E-state index in [4.69, 9.17) is 11.6 Å². The number of hydrogen-bond acceptors (Lipinski definition) is 1.